The van der Waals surface area contributed by atoms with Gasteiger partial charge in [0.05, 0.1) is 24.2 Å². The Bertz CT molecular complexity index is 1430. The van der Waals surface area contributed by atoms with Crippen LogP contribution in [0, 0.1) is 18.6 Å². The van der Waals surface area contributed by atoms with Crippen LogP contribution in [0.4, 0.5) is 13.6 Å². The largest absolute Gasteiger partial charge is 0.440 e. The van der Waals surface area contributed by atoms with Gasteiger partial charge >= 0.3 is 6.09 Å². The molecule has 2 atom stereocenters. The minimum atomic E-state index is -4.00. The number of aryl methyl sites for hydroxylation is 1. The predicted octanol–water partition coefficient (Wildman–Crippen LogP) is 3.53. The summed E-state index contributed by atoms with van der Waals surface area (Å²) in [4.78, 5) is 17.0. The van der Waals surface area contributed by atoms with Gasteiger partial charge in [-0.15, -0.1) is 0 Å². The summed E-state index contributed by atoms with van der Waals surface area (Å²) in [5.41, 5.74) is 2.94. The van der Waals surface area contributed by atoms with E-state index in [1.807, 2.05) is 4.90 Å². The number of halogens is 2. The smallest absolute Gasteiger partial charge is 0.422 e. The first-order valence-electron chi connectivity index (χ1n) is 15.8. The summed E-state index contributed by atoms with van der Waals surface area (Å²) >= 11 is 0. The molecule has 5 rings (SSSR count). The fourth-order valence-corrected chi connectivity index (χ4v) is 8.41. The minimum absolute atomic E-state index is 0.00827. The summed E-state index contributed by atoms with van der Waals surface area (Å²) in [5, 5.41) is 20.5. The molecule has 45 heavy (non-hydrogen) atoms. The average molecular weight is 651 g/mol. The number of nitrogens with zero attached hydrogens (tertiary/aromatic N) is 3. The number of nitrogens with one attached hydrogen (secondary N) is 1. The molecule has 1 amide bonds. The molecule has 3 fully saturated rings. The number of sulfone groups is 1. The van der Waals surface area contributed by atoms with Gasteiger partial charge in [0.25, 0.3) is 0 Å². The van der Waals surface area contributed by atoms with E-state index in [1.54, 1.807) is 24.1 Å². The number of likely N-dealkylation sites (tertiary alicyclic amines) is 1. The van der Waals surface area contributed by atoms with Gasteiger partial charge in [0, 0.05) is 38.3 Å². The zero-order chi connectivity index (χ0) is 32.2. The number of hydrogen-bond donors (Lipinski definition) is 3. The summed E-state index contributed by atoms with van der Waals surface area (Å²) in [6.07, 6.45) is 3.94. The fraction of sp³-hybridized carbons (Fsp3) is 0.594. The molecule has 2 heterocycles. The third-order valence-corrected chi connectivity index (χ3v) is 11.1. The zero-order valence-electron chi connectivity index (χ0n) is 25.7. The van der Waals surface area contributed by atoms with Crippen LogP contribution in [0.15, 0.2) is 47.4 Å². The molecule has 13 heteroatoms. The number of hydrazine groups is 1. The lowest BCUT2D eigenvalue weighted by molar-refractivity contribution is -0.0308. The van der Waals surface area contributed by atoms with Crippen molar-refractivity contribution in [1.82, 2.24) is 20.2 Å². The van der Waals surface area contributed by atoms with Crippen LogP contribution in [-0.2, 0) is 14.6 Å². The molecule has 2 aliphatic heterocycles. The van der Waals surface area contributed by atoms with Crippen molar-refractivity contribution in [2.24, 2.45) is 0 Å². The van der Waals surface area contributed by atoms with Crippen molar-refractivity contribution in [3.63, 3.8) is 0 Å². The van der Waals surface area contributed by atoms with Crippen molar-refractivity contribution in [1.29, 1.82) is 0 Å². The van der Waals surface area contributed by atoms with Crippen LogP contribution in [0.3, 0.4) is 0 Å². The van der Waals surface area contributed by atoms with Crippen molar-refractivity contribution in [2.75, 3.05) is 45.3 Å². The van der Waals surface area contributed by atoms with Gasteiger partial charge in [-0.1, -0.05) is 18.2 Å². The van der Waals surface area contributed by atoms with Crippen molar-refractivity contribution >= 4 is 15.9 Å². The molecule has 10 nitrogen and oxygen atoms in total. The van der Waals surface area contributed by atoms with Crippen LogP contribution in [0.5, 0.6) is 0 Å². The van der Waals surface area contributed by atoms with E-state index in [2.05, 4.69) is 10.3 Å². The lowest BCUT2D eigenvalue weighted by Gasteiger charge is -2.45. The molecule has 2 saturated heterocycles. The van der Waals surface area contributed by atoms with Gasteiger partial charge in [-0.25, -0.2) is 27.0 Å². The highest BCUT2D eigenvalue weighted by Gasteiger charge is 2.57. The molecule has 0 bridgehead atoms. The molecule has 1 saturated carbocycles. The Kier molecular flexibility index (Phi) is 10.8. The number of amides is 1. The van der Waals surface area contributed by atoms with Gasteiger partial charge in [0.2, 0.25) is 0 Å². The molecule has 2 aromatic carbocycles. The lowest BCUT2D eigenvalue weighted by atomic mass is 9.88. The topological polar surface area (TPSA) is 123 Å². The van der Waals surface area contributed by atoms with E-state index in [9.17, 15) is 32.2 Å². The van der Waals surface area contributed by atoms with Gasteiger partial charge in [0.15, 0.2) is 9.84 Å². The van der Waals surface area contributed by atoms with E-state index < -0.39 is 51.1 Å². The average Bonchev–Trinajstić information content (AvgIpc) is 3.78. The molecule has 3 aliphatic rings. The standard InChI is InChI=1S/C32H44F2N4O6S/c1-23-8-9-27(21-28(23)34)45(42,43)22-38-29(24-4-2-5-25(33)20-24)6-3-7-30(38)32(12-13-32)44-31(41)35-37-14-10-26(11-15-37)36(16-18-39)17-19-40/h2,4-5,8-9,20-21,26,29-30,39-40H,3,6-7,10-19,22H2,1H3,(H,35,41)/t29?,30-/m1/s1. The van der Waals surface area contributed by atoms with Crippen molar-refractivity contribution in [3.8, 4) is 0 Å². The number of aliphatic hydroxyl groups excluding tert-OH is 2. The molecular weight excluding hydrogens is 606 g/mol. The molecule has 0 spiro atoms. The number of rotatable bonds is 12. The molecular formula is C32H44F2N4O6S. The molecule has 248 valence electrons. The Labute approximate surface area is 263 Å². The Balaban J connectivity index is 1.31. The van der Waals surface area contributed by atoms with Gasteiger partial charge in [-0.05, 0) is 87.3 Å². The second kappa shape index (κ2) is 14.4. The SMILES string of the molecule is Cc1ccc(S(=O)(=O)CN2C(c3cccc(F)c3)CCC[C@@H]2C2(OC(=O)NN3CCC(N(CCO)CCO)CC3)CC2)cc1F. The normalized spacial score (nSPS) is 22.8. The zero-order valence-corrected chi connectivity index (χ0v) is 26.5. The van der Waals surface area contributed by atoms with Crippen LogP contribution in [-0.4, -0.2) is 102 Å². The fourth-order valence-electron chi connectivity index (χ4n) is 6.95. The summed E-state index contributed by atoms with van der Waals surface area (Å²) in [7, 11) is -4.00. The second-order valence-corrected chi connectivity index (χ2v) is 14.4. The molecule has 0 radical (unpaired) electrons. The van der Waals surface area contributed by atoms with Gasteiger partial charge in [0.1, 0.15) is 23.1 Å². The molecule has 0 aromatic heterocycles. The maximum Gasteiger partial charge on any atom is 0.422 e. The number of aliphatic hydroxyl groups is 2. The second-order valence-electron chi connectivity index (χ2n) is 12.5. The Hall–Kier alpha value is -2.68. The van der Waals surface area contributed by atoms with Crippen LogP contribution in [0.1, 0.15) is 62.1 Å². The summed E-state index contributed by atoms with van der Waals surface area (Å²) in [6, 6.07) is 9.32. The molecule has 1 aliphatic carbocycles. The van der Waals surface area contributed by atoms with E-state index in [0.29, 0.717) is 63.0 Å². The molecule has 2 aromatic rings. The van der Waals surface area contributed by atoms with Gasteiger partial charge in [-0.3, -0.25) is 15.2 Å². The Morgan fingerprint density at radius 2 is 1.76 bits per heavy atom. The van der Waals surface area contributed by atoms with Crippen LogP contribution < -0.4 is 5.43 Å². The maximum atomic E-state index is 14.4. The predicted molar refractivity (Wildman–Crippen MR) is 164 cm³/mol. The first-order valence-corrected chi connectivity index (χ1v) is 17.4. The van der Waals surface area contributed by atoms with Crippen LogP contribution >= 0.6 is 0 Å². The highest BCUT2D eigenvalue weighted by molar-refractivity contribution is 7.91. The first kappa shape index (κ1) is 33.7. The van der Waals surface area contributed by atoms with Crippen molar-refractivity contribution in [2.45, 2.75) is 80.5 Å². The lowest BCUT2D eigenvalue weighted by Crippen LogP contribution is -2.55. The number of benzene rings is 2. The number of carbonyl (C=O) groups excluding carboxylic acids is 1. The quantitative estimate of drug-likeness (QED) is 0.317. The third kappa shape index (κ3) is 8.01. The number of hydrogen-bond acceptors (Lipinski definition) is 9. The number of piperidine rings is 2. The Morgan fingerprint density at radius 1 is 1.04 bits per heavy atom. The summed E-state index contributed by atoms with van der Waals surface area (Å²) < 4.78 is 62.2. The molecule has 3 N–H and O–H groups in total. The van der Waals surface area contributed by atoms with E-state index in [4.69, 9.17) is 4.74 Å². The minimum Gasteiger partial charge on any atom is -0.440 e. The van der Waals surface area contributed by atoms with E-state index in [-0.39, 0.29) is 24.2 Å². The van der Waals surface area contributed by atoms with Gasteiger partial charge in [-0.2, -0.15) is 0 Å². The highest BCUT2D eigenvalue weighted by Crippen LogP contribution is 2.51. The number of ether oxygens (including phenoxy) is 1. The number of carbonyl (C=O) groups is 1. The van der Waals surface area contributed by atoms with Crippen molar-refractivity contribution < 1.29 is 36.9 Å². The molecule has 1 unspecified atom stereocenters. The monoisotopic (exact) mass is 650 g/mol. The maximum absolute atomic E-state index is 14.4. The summed E-state index contributed by atoms with van der Waals surface area (Å²) in [5.74, 6) is -1.46. The highest BCUT2D eigenvalue weighted by atomic mass is 32.2. The van der Waals surface area contributed by atoms with Crippen LogP contribution in [0.2, 0.25) is 0 Å². The van der Waals surface area contributed by atoms with Crippen molar-refractivity contribution in [3.05, 3.63) is 65.2 Å². The van der Waals surface area contributed by atoms with E-state index in [1.165, 1.54) is 24.3 Å². The van der Waals surface area contributed by atoms with E-state index >= 15 is 0 Å². The van der Waals surface area contributed by atoms with E-state index in [0.717, 1.165) is 25.3 Å². The Morgan fingerprint density at radius 3 is 2.38 bits per heavy atom. The van der Waals surface area contributed by atoms with Crippen LogP contribution in [0.25, 0.3) is 0 Å². The van der Waals surface area contributed by atoms with Gasteiger partial charge < -0.3 is 14.9 Å². The third-order valence-electron chi connectivity index (χ3n) is 9.46. The summed E-state index contributed by atoms with van der Waals surface area (Å²) in [6.45, 7) is 3.68. The first-order chi connectivity index (χ1) is 21.5.